The molecule has 1 amide bonds. The van der Waals surface area contributed by atoms with E-state index in [4.69, 9.17) is 9.47 Å². The van der Waals surface area contributed by atoms with E-state index in [1.807, 2.05) is 27.7 Å². The fraction of sp³-hybridized carbons (Fsp3) is 0.636. The Kier molecular flexibility index (Phi) is 7.77. The van der Waals surface area contributed by atoms with Crippen LogP contribution in [-0.4, -0.2) is 85.4 Å². The molecule has 3 rings (SSSR count). The first-order chi connectivity index (χ1) is 15.1. The van der Waals surface area contributed by atoms with Crippen molar-refractivity contribution in [2.24, 2.45) is 5.92 Å². The van der Waals surface area contributed by atoms with E-state index in [-0.39, 0.29) is 37.1 Å². The van der Waals surface area contributed by atoms with Crippen molar-refractivity contribution in [3.63, 3.8) is 0 Å². The van der Waals surface area contributed by atoms with Gasteiger partial charge in [-0.1, -0.05) is 26.0 Å². The number of benzene rings is 1. The molecule has 0 N–H and O–H groups in total. The van der Waals surface area contributed by atoms with Crippen molar-refractivity contribution in [1.29, 1.82) is 5.26 Å². The highest BCUT2D eigenvalue weighted by Crippen LogP contribution is 2.23. The summed E-state index contributed by atoms with van der Waals surface area (Å²) in [7, 11) is -3.61. The molecule has 3 unspecified atom stereocenters. The minimum absolute atomic E-state index is 0.118. The van der Waals surface area contributed by atoms with Gasteiger partial charge in [0, 0.05) is 39.3 Å². The molecule has 32 heavy (non-hydrogen) atoms. The van der Waals surface area contributed by atoms with Gasteiger partial charge in [0.15, 0.2) is 6.10 Å². The van der Waals surface area contributed by atoms with Crippen molar-refractivity contribution in [3.8, 4) is 11.8 Å². The summed E-state index contributed by atoms with van der Waals surface area (Å²) in [6, 6.07) is 8.91. The fourth-order valence-electron chi connectivity index (χ4n) is 4.07. The zero-order valence-corrected chi connectivity index (χ0v) is 19.9. The van der Waals surface area contributed by atoms with Crippen LogP contribution in [0.1, 0.15) is 33.3 Å². The van der Waals surface area contributed by atoms with Gasteiger partial charge < -0.3 is 14.4 Å². The second-order valence-electron chi connectivity index (χ2n) is 8.70. The number of hydrogen-bond donors (Lipinski definition) is 0. The average molecular weight is 465 g/mol. The predicted molar refractivity (Wildman–Crippen MR) is 119 cm³/mol. The Labute approximate surface area is 190 Å². The first-order valence-corrected chi connectivity index (χ1v) is 12.4. The van der Waals surface area contributed by atoms with Gasteiger partial charge >= 0.3 is 0 Å². The van der Waals surface area contributed by atoms with E-state index < -0.39 is 16.3 Å². The average Bonchev–Trinajstić information content (AvgIpc) is 2.76. The van der Waals surface area contributed by atoms with Crippen molar-refractivity contribution in [2.75, 3.05) is 39.3 Å². The van der Waals surface area contributed by atoms with Gasteiger partial charge in [-0.3, -0.25) is 4.79 Å². The molecule has 1 aromatic rings. The Morgan fingerprint density at radius 2 is 1.69 bits per heavy atom. The smallest absolute Gasteiger partial charge is 0.282 e. The Hall–Kier alpha value is -2.19. The van der Waals surface area contributed by atoms with E-state index in [0.717, 1.165) is 0 Å². The summed E-state index contributed by atoms with van der Waals surface area (Å²) in [5, 5.41) is 9.30. The molecule has 2 heterocycles. The minimum Gasteiger partial charge on any atom is -0.479 e. The summed E-state index contributed by atoms with van der Waals surface area (Å²) in [5.41, 5.74) is 0.371. The summed E-state index contributed by atoms with van der Waals surface area (Å²) in [5.74, 6) is 0.0598. The predicted octanol–water partition coefficient (Wildman–Crippen LogP) is 1.46. The number of nitrogens with zero attached hydrogens (tertiary/aromatic N) is 4. The van der Waals surface area contributed by atoms with Crippen LogP contribution in [0.25, 0.3) is 0 Å². The minimum atomic E-state index is -3.61. The van der Waals surface area contributed by atoms with Crippen LogP contribution < -0.4 is 4.74 Å². The van der Waals surface area contributed by atoms with E-state index in [1.54, 1.807) is 29.2 Å². The van der Waals surface area contributed by atoms with Gasteiger partial charge in [-0.2, -0.15) is 22.3 Å². The summed E-state index contributed by atoms with van der Waals surface area (Å²) in [6.07, 6.45) is -1.07. The molecule has 0 aromatic heterocycles. The number of amides is 1. The molecule has 0 spiro atoms. The highest BCUT2D eigenvalue weighted by molar-refractivity contribution is 7.86. The highest BCUT2D eigenvalue weighted by Gasteiger charge is 2.38. The van der Waals surface area contributed by atoms with Crippen molar-refractivity contribution in [1.82, 2.24) is 13.5 Å². The summed E-state index contributed by atoms with van der Waals surface area (Å²) in [4.78, 5) is 14.9. The van der Waals surface area contributed by atoms with Crippen molar-refractivity contribution < 1.29 is 22.7 Å². The lowest BCUT2D eigenvalue weighted by Gasteiger charge is -2.41. The molecule has 0 radical (unpaired) electrons. The maximum Gasteiger partial charge on any atom is 0.282 e. The van der Waals surface area contributed by atoms with Crippen molar-refractivity contribution in [3.05, 3.63) is 29.8 Å². The van der Waals surface area contributed by atoms with Crippen LogP contribution >= 0.6 is 0 Å². The summed E-state index contributed by atoms with van der Waals surface area (Å²) in [6.45, 7) is 9.21. The highest BCUT2D eigenvalue weighted by atomic mass is 32.2. The molecule has 9 nitrogen and oxygen atoms in total. The van der Waals surface area contributed by atoms with Crippen LogP contribution in [0.5, 0.6) is 5.75 Å². The van der Waals surface area contributed by atoms with E-state index in [0.29, 0.717) is 37.5 Å². The van der Waals surface area contributed by atoms with Crippen LogP contribution in [-0.2, 0) is 19.7 Å². The lowest BCUT2D eigenvalue weighted by molar-refractivity contribution is -0.142. The maximum absolute atomic E-state index is 13.2. The van der Waals surface area contributed by atoms with Gasteiger partial charge in [0.1, 0.15) is 11.8 Å². The Morgan fingerprint density at radius 3 is 2.25 bits per heavy atom. The second-order valence-corrected chi connectivity index (χ2v) is 10.6. The molecule has 3 atom stereocenters. The molecular weight excluding hydrogens is 432 g/mol. The molecule has 1 aromatic carbocycles. The third-order valence-electron chi connectivity index (χ3n) is 5.70. The maximum atomic E-state index is 13.2. The van der Waals surface area contributed by atoms with Crippen LogP contribution in [0, 0.1) is 17.2 Å². The summed E-state index contributed by atoms with van der Waals surface area (Å²) < 4.78 is 40.7. The Balaban J connectivity index is 1.65. The number of nitriles is 1. The standard InChI is InChI=1S/C22H32N4O5S/c1-16(2)21(31-20-8-6-5-7-19(20)13-23)22(27)24-9-11-25(12-10-24)32(28,29)26-14-17(3)30-18(4)15-26/h5-8,16-18,21H,9-12,14-15H2,1-4H3. The summed E-state index contributed by atoms with van der Waals surface area (Å²) >= 11 is 0. The SMILES string of the molecule is CC1CN(S(=O)(=O)N2CCN(C(=O)C(Oc3ccccc3C#N)C(C)C)CC2)CC(C)O1. The van der Waals surface area contributed by atoms with Gasteiger partial charge in [-0.15, -0.1) is 0 Å². The largest absolute Gasteiger partial charge is 0.479 e. The first kappa shape index (κ1) is 24.5. The second kappa shape index (κ2) is 10.2. The molecule has 176 valence electrons. The lowest BCUT2D eigenvalue weighted by atomic mass is 10.1. The van der Waals surface area contributed by atoms with Gasteiger partial charge in [0.05, 0.1) is 17.8 Å². The molecular formula is C22H32N4O5S. The molecule has 2 aliphatic rings. The first-order valence-electron chi connectivity index (χ1n) is 11.0. The molecule has 2 aliphatic heterocycles. The molecule has 2 fully saturated rings. The van der Waals surface area contributed by atoms with Crippen molar-refractivity contribution >= 4 is 16.1 Å². The number of para-hydroxylation sites is 1. The van der Waals surface area contributed by atoms with E-state index in [2.05, 4.69) is 6.07 Å². The normalized spacial score (nSPS) is 24.2. The number of ether oxygens (including phenoxy) is 2. The van der Waals surface area contributed by atoms with Crippen LogP contribution in [0.3, 0.4) is 0 Å². The monoisotopic (exact) mass is 464 g/mol. The van der Waals surface area contributed by atoms with Gasteiger partial charge in [0.25, 0.3) is 16.1 Å². The van der Waals surface area contributed by atoms with E-state index in [1.165, 1.54) is 8.61 Å². The van der Waals surface area contributed by atoms with Gasteiger partial charge in [-0.05, 0) is 31.9 Å². The number of piperazine rings is 1. The van der Waals surface area contributed by atoms with Crippen molar-refractivity contribution in [2.45, 2.75) is 46.0 Å². The quantitative estimate of drug-likeness (QED) is 0.632. The van der Waals surface area contributed by atoms with Gasteiger partial charge in [0.2, 0.25) is 0 Å². The number of morpholine rings is 1. The molecule has 2 saturated heterocycles. The number of carbonyl (C=O) groups excluding carboxylic acids is 1. The lowest BCUT2D eigenvalue weighted by Crippen LogP contribution is -2.59. The third kappa shape index (κ3) is 5.41. The molecule has 10 heteroatoms. The molecule has 0 bridgehead atoms. The fourth-order valence-corrected chi connectivity index (χ4v) is 5.82. The number of rotatable bonds is 6. The van der Waals surface area contributed by atoms with Crippen LogP contribution in [0.15, 0.2) is 24.3 Å². The number of carbonyl (C=O) groups is 1. The Morgan fingerprint density at radius 1 is 1.09 bits per heavy atom. The molecule has 0 saturated carbocycles. The van der Waals surface area contributed by atoms with Gasteiger partial charge in [-0.25, -0.2) is 0 Å². The third-order valence-corrected chi connectivity index (χ3v) is 7.67. The molecule has 0 aliphatic carbocycles. The zero-order valence-electron chi connectivity index (χ0n) is 19.1. The topological polar surface area (TPSA) is 103 Å². The zero-order chi connectivity index (χ0) is 23.5. The number of hydrogen-bond acceptors (Lipinski definition) is 6. The van der Waals surface area contributed by atoms with Crippen LogP contribution in [0.4, 0.5) is 0 Å². The van der Waals surface area contributed by atoms with Crippen LogP contribution in [0.2, 0.25) is 0 Å². The van der Waals surface area contributed by atoms with E-state index in [9.17, 15) is 18.5 Å². The van der Waals surface area contributed by atoms with E-state index >= 15 is 0 Å². The Bertz CT molecular complexity index is 943.